The summed E-state index contributed by atoms with van der Waals surface area (Å²) in [6.45, 7) is 2.31. The minimum absolute atomic E-state index is 0.0116. The second-order valence-electron chi connectivity index (χ2n) is 8.14. The van der Waals surface area contributed by atoms with Crippen molar-refractivity contribution in [3.05, 3.63) is 64.5 Å². The molecule has 0 radical (unpaired) electrons. The van der Waals surface area contributed by atoms with Gasteiger partial charge in [0.1, 0.15) is 0 Å². The van der Waals surface area contributed by atoms with Crippen molar-refractivity contribution in [1.29, 1.82) is 0 Å². The van der Waals surface area contributed by atoms with E-state index < -0.39 is 23.5 Å². The SMILES string of the molecule is Cc1cc(C(=O)NC[C@H]2CC[C@H](NCc3cccc(F)c3O)CC2)cc(C(F)(F)F)c1. The Labute approximate surface area is 178 Å². The van der Waals surface area contributed by atoms with Gasteiger partial charge in [0.25, 0.3) is 5.91 Å². The highest BCUT2D eigenvalue weighted by Crippen LogP contribution is 2.31. The van der Waals surface area contributed by atoms with Gasteiger partial charge < -0.3 is 15.7 Å². The van der Waals surface area contributed by atoms with Gasteiger partial charge in [-0.25, -0.2) is 4.39 Å². The Morgan fingerprint density at radius 1 is 1.13 bits per heavy atom. The van der Waals surface area contributed by atoms with Gasteiger partial charge in [-0.3, -0.25) is 4.79 Å². The van der Waals surface area contributed by atoms with Crippen molar-refractivity contribution in [3.63, 3.8) is 0 Å². The average Bonchev–Trinajstić information content (AvgIpc) is 2.72. The zero-order valence-corrected chi connectivity index (χ0v) is 17.2. The summed E-state index contributed by atoms with van der Waals surface area (Å²) in [5, 5.41) is 15.8. The number of aryl methyl sites for hydroxylation is 1. The summed E-state index contributed by atoms with van der Waals surface area (Å²) < 4.78 is 52.3. The fourth-order valence-electron chi connectivity index (χ4n) is 3.94. The van der Waals surface area contributed by atoms with Gasteiger partial charge in [0.05, 0.1) is 5.56 Å². The summed E-state index contributed by atoms with van der Waals surface area (Å²) in [4.78, 5) is 12.4. The molecule has 0 unspecified atom stereocenters. The summed E-state index contributed by atoms with van der Waals surface area (Å²) in [6, 6.07) is 8.01. The van der Waals surface area contributed by atoms with Crippen LogP contribution < -0.4 is 10.6 Å². The molecule has 168 valence electrons. The van der Waals surface area contributed by atoms with Crippen LogP contribution in [0.4, 0.5) is 17.6 Å². The van der Waals surface area contributed by atoms with E-state index in [0.29, 0.717) is 24.2 Å². The molecule has 0 atom stereocenters. The molecule has 1 amide bonds. The van der Waals surface area contributed by atoms with Crippen molar-refractivity contribution < 1.29 is 27.5 Å². The Morgan fingerprint density at radius 3 is 2.52 bits per heavy atom. The highest BCUT2D eigenvalue weighted by Gasteiger charge is 2.31. The number of carbonyl (C=O) groups excluding carboxylic acids is 1. The predicted octanol–water partition coefficient (Wildman–Crippen LogP) is 4.94. The lowest BCUT2D eigenvalue weighted by molar-refractivity contribution is -0.137. The summed E-state index contributed by atoms with van der Waals surface area (Å²) in [5.74, 6) is -1.24. The van der Waals surface area contributed by atoms with E-state index in [-0.39, 0.29) is 23.3 Å². The van der Waals surface area contributed by atoms with Gasteiger partial charge in [-0.1, -0.05) is 12.1 Å². The van der Waals surface area contributed by atoms with Gasteiger partial charge in [-0.2, -0.15) is 13.2 Å². The first-order valence-electron chi connectivity index (χ1n) is 10.3. The number of hydrogen-bond donors (Lipinski definition) is 3. The Morgan fingerprint density at radius 2 is 1.84 bits per heavy atom. The zero-order valence-electron chi connectivity index (χ0n) is 17.2. The molecular weight excluding hydrogens is 412 g/mol. The summed E-state index contributed by atoms with van der Waals surface area (Å²) >= 11 is 0. The lowest BCUT2D eigenvalue weighted by Gasteiger charge is -2.29. The number of halogens is 4. The van der Waals surface area contributed by atoms with Crippen LogP contribution in [-0.2, 0) is 12.7 Å². The molecule has 4 nitrogen and oxygen atoms in total. The lowest BCUT2D eigenvalue weighted by Crippen LogP contribution is -2.36. The average molecular weight is 438 g/mol. The van der Waals surface area contributed by atoms with Crippen molar-refractivity contribution in [2.24, 2.45) is 5.92 Å². The van der Waals surface area contributed by atoms with Gasteiger partial charge in [0, 0.05) is 30.3 Å². The molecule has 8 heteroatoms. The number of phenols is 1. The molecule has 2 aromatic rings. The standard InChI is InChI=1S/C23H26F4N2O2/c1-14-9-17(11-18(10-14)23(25,26)27)22(31)29-12-15-5-7-19(8-6-15)28-13-16-3-2-4-20(24)21(16)30/h2-4,9-11,15,19,28,30H,5-8,12-13H2,1H3,(H,29,31)/t15-,19-. The van der Waals surface area contributed by atoms with Gasteiger partial charge in [0.2, 0.25) is 0 Å². The van der Waals surface area contributed by atoms with Crippen LogP contribution in [0.1, 0.15) is 52.7 Å². The number of carbonyl (C=O) groups is 1. The van der Waals surface area contributed by atoms with E-state index in [9.17, 15) is 27.5 Å². The molecule has 2 aromatic carbocycles. The van der Waals surface area contributed by atoms with Crippen LogP contribution in [0.5, 0.6) is 5.75 Å². The molecule has 0 heterocycles. The number of rotatable bonds is 6. The molecule has 3 rings (SSSR count). The molecule has 1 aliphatic rings. The fourth-order valence-corrected chi connectivity index (χ4v) is 3.94. The largest absolute Gasteiger partial charge is 0.505 e. The number of benzene rings is 2. The van der Waals surface area contributed by atoms with Crippen LogP contribution in [0.15, 0.2) is 36.4 Å². The minimum Gasteiger partial charge on any atom is -0.505 e. The number of aromatic hydroxyl groups is 1. The highest BCUT2D eigenvalue weighted by atomic mass is 19.4. The van der Waals surface area contributed by atoms with Crippen LogP contribution >= 0.6 is 0 Å². The Balaban J connectivity index is 1.46. The summed E-state index contributed by atoms with van der Waals surface area (Å²) in [5.41, 5.74) is 0.0767. The first-order chi connectivity index (χ1) is 14.6. The molecule has 0 saturated heterocycles. The van der Waals surface area contributed by atoms with Crippen molar-refractivity contribution in [1.82, 2.24) is 10.6 Å². The maximum Gasteiger partial charge on any atom is 0.416 e. The molecule has 31 heavy (non-hydrogen) atoms. The van der Waals surface area contributed by atoms with Crippen LogP contribution in [0.3, 0.4) is 0 Å². The summed E-state index contributed by atoms with van der Waals surface area (Å²) in [7, 11) is 0. The molecule has 0 aromatic heterocycles. The van der Waals surface area contributed by atoms with Gasteiger partial charge >= 0.3 is 6.18 Å². The molecule has 0 bridgehead atoms. The normalized spacial score (nSPS) is 19.3. The first-order valence-corrected chi connectivity index (χ1v) is 10.3. The Bertz CT molecular complexity index is 922. The number of para-hydroxylation sites is 1. The quantitative estimate of drug-likeness (QED) is 0.560. The van der Waals surface area contributed by atoms with E-state index in [4.69, 9.17) is 0 Å². The molecule has 1 fully saturated rings. The molecule has 0 aliphatic heterocycles. The van der Waals surface area contributed by atoms with Gasteiger partial charge in [0.15, 0.2) is 11.6 Å². The number of hydrogen-bond acceptors (Lipinski definition) is 3. The van der Waals surface area contributed by atoms with E-state index in [1.165, 1.54) is 19.1 Å². The second kappa shape index (κ2) is 9.68. The lowest BCUT2D eigenvalue weighted by atomic mass is 9.86. The Hall–Kier alpha value is -2.61. The second-order valence-corrected chi connectivity index (χ2v) is 8.14. The molecular formula is C23H26F4N2O2. The van der Waals surface area contributed by atoms with Crippen LogP contribution in [0.2, 0.25) is 0 Å². The van der Waals surface area contributed by atoms with Gasteiger partial charge in [-0.15, -0.1) is 0 Å². The van der Waals surface area contributed by atoms with Crippen molar-refractivity contribution in [3.8, 4) is 5.75 Å². The van der Waals surface area contributed by atoms with Crippen LogP contribution in [-0.4, -0.2) is 23.6 Å². The third kappa shape index (κ3) is 6.19. The molecule has 3 N–H and O–H groups in total. The molecule has 1 saturated carbocycles. The number of nitrogens with one attached hydrogen (secondary N) is 2. The van der Waals surface area contributed by atoms with E-state index in [1.807, 2.05) is 0 Å². The van der Waals surface area contributed by atoms with Crippen molar-refractivity contribution in [2.75, 3.05) is 6.54 Å². The number of amides is 1. The predicted molar refractivity (Wildman–Crippen MR) is 109 cm³/mol. The van der Waals surface area contributed by atoms with E-state index in [1.54, 1.807) is 12.1 Å². The zero-order chi connectivity index (χ0) is 22.6. The van der Waals surface area contributed by atoms with Crippen LogP contribution in [0.25, 0.3) is 0 Å². The third-order valence-electron chi connectivity index (χ3n) is 5.72. The Kier molecular flexibility index (Phi) is 7.20. The number of alkyl halides is 3. The summed E-state index contributed by atoms with van der Waals surface area (Å²) in [6.07, 6.45) is -1.06. The van der Waals surface area contributed by atoms with E-state index in [0.717, 1.165) is 37.8 Å². The van der Waals surface area contributed by atoms with Crippen LogP contribution in [0, 0.1) is 18.7 Å². The van der Waals surface area contributed by atoms with Gasteiger partial charge in [-0.05, 0) is 68.4 Å². The topological polar surface area (TPSA) is 61.4 Å². The van der Waals surface area contributed by atoms with E-state index >= 15 is 0 Å². The van der Waals surface area contributed by atoms with Crippen molar-refractivity contribution in [2.45, 2.75) is 51.4 Å². The van der Waals surface area contributed by atoms with Crippen molar-refractivity contribution >= 4 is 5.91 Å². The third-order valence-corrected chi connectivity index (χ3v) is 5.72. The monoisotopic (exact) mass is 438 g/mol. The molecule has 0 spiro atoms. The molecule has 1 aliphatic carbocycles. The highest BCUT2D eigenvalue weighted by molar-refractivity contribution is 5.94. The smallest absolute Gasteiger partial charge is 0.416 e. The maximum atomic E-state index is 13.4. The number of phenolic OH excluding ortho intramolecular Hbond substituents is 1. The first kappa shape index (κ1) is 23.1. The van der Waals surface area contributed by atoms with E-state index in [2.05, 4.69) is 10.6 Å². The fraction of sp³-hybridized carbons (Fsp3) is 0.435. The maximum absolute atomic E-state index is 13.4. The minimum atomic E-state index is -4.49.